The highest BCUT2D eigenvalue weighted by Crippen LogP contribution is 2.33. The molecule has 1 aliphatic rings. The lowest BCUT2D eigenvalue weighted by atomic mass is 10.1. The molecule has 1 atom stereocenters. The molecule has 7 heteroatoms. The Labute approximate surface area is 187 Å². The number of sulfonamides is 1. The Balaban J connectivity index is 1.75. The Bertz CT molecular complexity index is 1230. The first kappa shape index (κ1) is 21.4. The molecule has 0 N–H and O–H groups in total. The molecule has 1 amide bonds. The second kappa shape index (κ2) is 8.36. The minimum atomic E-state index is -3.98. The molecule has 0 fully saturated rings. The maximum atomic E-state index is 13.5. The average molecular weight is 455 g/mol. The topological polar surface area (TPSA) is 57.7 Å². The van der Waals surface area contributed by atoms with E-state index in [4.69, 9.17) is 11.6 Å². The van der Waals surface area contributed by atoms with Crippen molar-refractivity contribution in [1.29, 1.82) is 0 Å². The molecule has 0 unspecified atom stereocenters. The van der Waals surface area contributed by atoms with Crippen molar-refractivity contribution in [2.75, 3.05) is 15.7 Å². The lowest BCUT2D eigenvalue weighted by Gasteiger charge is -2.29. The molecule has 0 radical (unpaired) electrons. The third-order valence-electron chi connectivity index (χ3n) is 5.53. The van der Waals surface area contributed by atoms with Crippen molar-refractivity contribution in [2.24, 2.45) is 0 Å². The summed E-state index contributed by atoms with van der Waals surface area (Å²) in [4.78, 5) is 15.2. The van der Waals surface area contributed by atoms with E-state index in [0.717, 1.165) is 27.5 Å². The Morgan fingerprint density at radius 2 is 1.74 bits per heavy atom. The van der Waals surface area contributed by atoms with Gasteiger partial charge in [-0.3, -0.25) is 9.10 Å². The quantitative estimate of drug-likeness (QED) is 0.555. The fraction of sp³-hybridized carbons (Fsp3) is 0.208. The van der Waals surface area contributed by atoms with Crippen LogP contribution in [-0.4, -0.2) is 26.9 Å². The van der Waals surface area contributed by atoms with Crippen LogP contribution in [0.25, 0.3) is 0 Å². The fourth-order valence-electron chi connectivity index (χ4n) is 3.92. The lowest BCUT2D eigenvalue weighted by molar-refractivity contribution is -0.117. The van der Waals surface area contributed by atoms with E-state index in [1.165, 1.54) is 12.1 Å². The molecule has 4 rings (SSSR count). The second-order valence-corrected chi connectivity index (χ2v) is 9.97. The summed E-state index contributed by atoms with van der Waals surface area (Å²) >= 11 is 6.29. The van der Waals surface area contributed by atoms with Crippen LogP contribution in [0.5, 0.6) is 0 Å². The van der Waals surface area contributed by atoms with Gasteiger partial charge in [-0.2, -0.15) is 0 Å². The first-order valence-corrected chi connectivity index (χ1v) is 11.8. The first-order chi connectivity index (χ1) is 14.8. The van der Waals surface area contributed by atoms with Gasteiger partial charge in [0.1, 0.15) is 6.54 Å². The van der Waals surface area contributed by atoms with Crippen LogP contribution in [0.15, 0.2) is 77.7 Å². The summed E-state index contributed by atoms with van der Waals surface area (Å²) in [5.74, 6) is -0.284. The molecule has 0 saturated heterocycles. The number of fused-ring (bicyclic) bond motifs is 1. The molecule has 1 aliphatic heterocycles. The minimum Gasteiger partial charge on any atom is -0.307 e. The van der Waals surface area contributed by atoms with Gasteiger partial charge in [0.15, 0.2) is 0 Å². The van der Waals surface area contributed by atoms with Crippen LogP contribution in [0.1, 0.15) is 18.1 Å². The third-order valence-corrected chi connectivity index (χ3v) is 7.72. The molecule has 0 saturated carbocycles. The Morgan fingerprint density at radius 1 is 1.06 bits per heavy atom. The lowest BCUT2D eigenvalue weighted by Crippen LogP contribution is -2.45. The van der Waals surface area contributed by atoms with Gasteiger partial charge in [0.05, 0.1) is 10.6 Å². The number of halogens is 1. The summed E-state index contributed by atoms with van der Waals surface area (Å²) in [5, 5.41) is 0.443. The van der Waals surface area contributed by atoms with Crippen molar-refractivity contribution in [3.8, 4) is 0 Å². The molecule has 5 nitrogen and oxygen atoms in total. The molecule has 1 heterocycles. The monoisotopic (exact) mass is 454 g/mol. The Kier molecular flexibility index (Phi) is 5.77. The van der Waals surface area contributed by atoms with Crippen LogP contribution < -0.4 is 9.21 Å². The largest absolute Gasteiger partial charge is 0.307 e. The van der Waals surface area contributed by atoms with E-state index in [0.29, 0.717) is 10.7 Å². The van der Waals surface area contributed by atoms with Gasteiger partial charge in [-0.05, 0) is 61.7 Å². The number of rotatable bonds is 5. The molecular formula is C24H23ClN2O3S. The number of anilines is 2. The number of nitrogens with zero attached hydrogens (tertiary/aromatic N) is 2. The highest BCUT2D eigenvalue weighted by molar-refractivity contribution is 7.92. The van der Waals surface area contributed by atoms with Gasteiger partial charge in [-0.15, -0.1) is 0 Å². The van der Waals surface area contributed by atoms with Crippen molar-refractivity contribution in [1.82, 2.24) is 0 Å². The van der Waals surface area contributed by atoms with Crippen LogP contribution >= 0.6 is 11.6 Å². The first-order valence-electron chi connectivity index (χ1n) is 10.0. The van der Waals surface area contributed by atoms with Crippen molar-refractivity contribution in [2.45, 2.75) is 31.2 Å². The highest BCUT2D eigenvalue weighted by atomic mass is 35.5. The fourth-order valence-corrected chi connectivity index (χ4v) is 5.52. The van der Waals surface area contributed by atoms with E-state index in [1.54, 1.807) is 41.3 Å². The third kappa shape index (κ3) is 4.05. The van der Waals surface area contributed by atoms with Gasteiger partial charge in [0.2, 0.25) is 5.91 Å². The number of aryl methyl sites for hydroxylation is 1. The standard InChI is InChI=1S/C24H23ClN2O3S/c1-17-12-13-20(15-22(17)25)26(31(29,30)21-9-4-3-5-10-21)16-24(28)27-18(2)14-19-8-6-7-11-23(19)27/h3-13,15,18H,14,16H2,1-2H3/t18-/m0/s1. The van der Waals surface area contributed by atoms with Crippen molar-refractivity contribution >= 4 is 38.9 Å². The molecule has 3 aromatic carbocycles. The molecule has 0 aliphatic carbocycles. The Morgan fingerprint density at radius 3 is 2.45 bits per heavy atom. The number of amides is 1. The average Bonchev–Trinajstić information content (AvgIpc) is 3.10. The van der Waals surface area contributed by atoms with Crippen molar-refractivity contribution < 1.29 is 13.2 Å². The number of hydrogen-bond donors (Lipinski definition) is 0. The molecule has 160 valence electrons. The van der Waals surface area contributed by atoms with Crippen LogP contribution in [0.3, 0.4) is 0 Å². The smallest absolute Gasteiger partial charge is 0.264 e. The van der Waals surface area contributed by atoms with Crippen LogP contribution in [0.4, 0.5) is 11.4 Å². The van der Waals surface area contributed by atoms with Gasteiger partial charge in [-0.1, -0.05) is 54.1 Å². The van der Waals surface area contributed by atoms with Gasteiger partial charge in [-0.25, -0.2) is 8.42 Å². The van der Waals surface area contributed by atoms with Crippen molar-refractivity contribution in [3.05, 3.63) is 88.9 Å². The van der Waals surface area contributed by atoms with Crippen LogP contribution in [0.2, 0.25) is 5.02 Å². The highest BCUT2D eigenvalue weighted by Gasteiger charge is 2.34. The zero-order valence-corrected chi connectivity index (χ0v) is 18.9. The summed E-state index contributed by atoms with van der Waals surface area (Å²) in [6, 6.07) is 20.8. The minimum absolute atomic E-state index is 0.0483. The normalized spacial score (nSPS) is 15.6. The molecule has 31 heavy (non-hydrogen) atoms. The number of carbonyl (C=O) groups excluding carboxylic acids is 1. The summed E-state index contributed by atoms with van der Waals surface area (Å²) in [6.45, 7) is 3.49. The van der Waals surface area contributed by atoms with E-state index in [-0.39, 0.29) is 23.4 Å². The number of carbonyl (C=O) groups is 1. The predicted octanol–water partition coefficient (Wildman–Crippen LogP) is 4.82. The number of benzene rings is 3. The zero-order valence-electron chi connectivity index (χ0n) is 17.3. The number of para-hydroxylation sites is 1. The van der Waals surface area contributed by atoms with E-state index in [2.05, 4.69) is 0 Å². The van der Waals surface area contributed by atoms with E-state index in [9.17, 15) is 13.2 Å². The van der Waals surface area contributed by atoms with Gasteiger partial charge in [0.25, 0.3) is 10.0 Å². The molecular weight excluding hydrogens is 432 g/mol. The maximum absolute atomic E-state index is 13.5. The molecule has 0 spiro atoms. The Hall–Kier alpha value is -2.83. The number of hydrogen-bond acceptors (Lipinski definition) is 3. The van der Waals surface area contributed by atoms with E-state index in [1.807, 2.05) is 38.1 Å². The molecule has 0 bridgehead atoms. The summed E-state index contributed by atoms with van der Waals surface area (Å²) in [7, 11) is -3.98. The second-order valence-electron chi connectivity index (χ2n) is 7.70. The van der Waals surface area contributed by atoms with Crippen molar-refractivity contribution in [3.63, 3.8) is 0 Å². The molecule has 0 aromatic heterocycles. The van der Waals surface area contributed by atoms with Gasteiger partial charge >= 0.3 is 0 Å². The van der Waals surface area contributed by atoms with Gasteiger partial charge in [0, 0.05) is 16.8 Å². The zero-order chi connectivity index (χ0) is 22.2. The van der Waals surface area contributed by atoms with Crippen LogP contribution in [0, 0.1) is 6.92 Å². The molecule has 3 aromatic rings. The van der Waals surface area contributed by atoms with E-state index < -0.39 is 10.0 Å². The summed E-state index contributed by atoms with van der Waals surface area (Å²) in [6.07, 6.45) is 0.740. The van der Waals surface area contributed by atoms with Crippen LogP contribution in [-0.2, 0) is 21.2 Å². The summed E-state index contributed by atoms with van der Waals surface area (Å²) in [5.41, 5.74) is 3.10. The SMILES string of the molecule is Cc1ccc(N(CC(=O)N2c3ccccc3C[C@@H]2C)S(=O)(=O)c2ccccc2)cc1Cl. The predicted molar refractivity (Wildman–Crippen MR) is 124 cm³/mol. The maximum Gasteiger partial charge on any atom is 0.264 e. The summed E-state index contributed by atoms with van der Waals surface area (Å²) < 4.78 is 28.2. The van der Waals surface area contributed by atoms with E-state index >= 15 is 0 Å². The van der Waals surface area contributed by atoms with Gasteiger partial charge < -0.3 is 4.90 Å².